The fourth-order valence-corrected chi connectivity index (χ4v) is 6.88. The van der Waals surface area contributed by atoms with Gasteiger partial charge in [-0.25, -0.2) is 18.2 Å². The van der Waals surface area contributed by atoms with Gasteiger partial charge in [0.15, 0.2) is 18.1 Å². The summed E-state index contributed by atoms with van der Waals surface area (Å²) in [4.78, 5) is 31.1. The Kier molecular flexibility index (Phi) is 10.3. The number of nitrogens with zero attached hydrogens (tertiary/aromatic N) is 3. The van der Waals surface area contributed by atoms with Crippen molar-refractivity contribution in [3.63, 3.8) is 0 Å². The molecular formula is C32H33F3N4O8S. The van der Waals surface area contributed by atoms with E-state index >= 15 is 0 Å². The molecule has 3 atom stereocenters. The number of anilines is 1. The van der Waals surface area contributed by atoms with E-state index in [0.29, 0.717) is 5.52 Å². The minimum Gasteiger partial charge on any atom is -0.443 e. The van der Waals surface area contributed by atoms with Crippen LogP contribution in [0, 0.1) is 5.92 Å². The SMILES string of the molecule is CC(C)CN(C[C@@H](O)[C@H](Cc1ccccc1)NC(=O)[C@@H]1CN(c2cccc(OC(F)(F)F)c2)C(=O)O1)S(=O)(=O)c1ccc2ncoc2c1. The summed E-state index contributed by atoms with van der Waals surface area (Å²) < 4.78 is 81.4. The molecule has 2 N–H and O–H groups in total. The minimum atomic E-state index is -4.95. The number of aromatic nitrogens is 1. The number of halogens is 3. The summed E-state index contributed by atoms with van der Waals surface area (Å²) in [7, 11) is -4.16. The number of fused-ring (bicyclic) bond motifs is 1. The zero-order valence-electron chi connectivity index (χ0n) is 25.8. The van der Waals surface area contributed by atoms with E-state index in [0.717, 1.165) is 26.9 Å². The molecule has 0 radical (unpaired) electrons. The molecular weight excluding hydrogens is 657 g/mol. The number of aliphatic hydroxyl groups excluding tert-OH is 1. The monoisotopic (exact) mass is 690 g/mol. The predicted molar refractivity (Wildman–Crippen MR) is 166 cm³/mol. The lowest BCUT2D eigenvalue weighted by molar-refractivity contribution is -0.274. The number of amides is 2. The summed E-state index contributed by atoms with van der Waals surface area (Å²) in [5.41, 5.74) is 1.48. The van der Waals surface area contributed by atoms with E-state index in [-0.39, 0.29) is 41.6 Å². The van der Waals surface area contributed by atoms with Gasteiger partial charge in [-0.15, -0.1) is 13.2 Å². The van der Waals surface area contributed by atoms with Crippen molar-refractivity contribution in [1.29, 1.82) is 0 Å². The highest BCUT2D eigenvalue weighted by atomic mass is 32.2. The van der Waals surface area contributed by atoms with Crippen LogP contribution in [0.5, 0.6) is 5.75 Å². The standard InChI is InChI=1S/C32H33F3N4O8S/c1-20(2)16-38(48(43,44)24-11-12-25-28(15-24)45-19-36-25)17-27(40)26(13-21-7-4-3-5-8-21)37-30(41)29-18-39(31(42)46-29)22-9-6-10-23(14-22)47-32(33,34)35/h3-12,14-15,19-20,26-27,29,40H,13,16-18H2,1-2H3,(H,37,41)/t26-,27+,29-/m0/s1. The number of hydrogen-bond acceptors (Lipinski definition) is 9. The molecule has 1 aliphatic rings. The fourth-order valence-electron chi connectivity index (χ4n) is 5.24. The molecule has 0 bridgehead atoms. The molecule has 0 saturated carbocycles. The largest absolute Gasteiger partial charge is 0.573 e. The fraction of sp³-hybridized carbons (Fsp3) is 0.344. The maximum Gasteiger partial charge on any atom is 0.573 e. The van der Waals surface area contributed by atoms with Crippen molar-refractivity contribution < 1.29 is 50.2 Å². The van der Waals surface area contributed by atoms with Crippen LogP contribution in [0.2, 0.25) is 0 Å². The Balaban J connectivity index is 1.35. The summed E-state index contributed by atoms with van der Waals surface area (Å²) >= 11 is 0. The van der Waals surface area contributed by atoms with Gasteiger partial charge in [0.25, 0.3) is 5.91 Å². The number of alkyl halides is 3. The maximum absolute atomic E-state index is 13.8. The Labute approximate surface area is 274 Å². The number of hydrogen-bond donors (Lipinski definition) is 2. The Morgan fingerprint density at radius 3 is 2.56 bits per heavy atom. The summed E-state index contributed by atoms with van der Waals surface area (Å²) in [6.45, 7) is 2.96. The van der Waals surface area contributed by atoms with Crippen LogP contribution in [0.3, 0.4) is 0 Å². The van der Waals surface area contributed by atoms with Crippen molar-refractivity contribution in [1.82, 2.24) is 14.6 Å². The van der Waals surface area contributed by atoms with E-state index in [1.54, 1.807) is 30.3 Å². The Morgan fingerprint density at radius 1 is 1.10 bits per heavy atom. The normalized spacial score (nSPS) is 16.7. The predicted octanol–water partition coefficient (Wildman–Crippen LogP) is 4.49. The van der Waals surface area contributed by atoms with Gasteiger partial charge >= 0.3 is 12.5 Å². The van der Waals surface area contributed by atoms with Gasteiger partial charge < -0.3 is 24.3 Å². The van der Waals surface area contributed by atoms with Gasteiger partial charge in [-0.2, -0.15) is 4.31 Å². The van der Waals surface area contributed by atoms with Crippen LogP contribution in [0.1, 0.15) is 19.4 Å². The van der Waals surface area contributed by atoms with E-state index < -0.39 is 58.9 Å². The van der Waals surface area contributed by atoms with Crippen LogP contribution in [0.25, 0.3) is 11.1 Å². The highest BCUT2D eigenvalue weighted by Gasteiger charge is 2.40. The van der Waals surface area contributed by atoms with Crippen LogP contribution < -0.4 is 15.0 Å². The number of benzene rings is 3. The number of rotatable bonds is 13. The Hall–Kier alpha value is -4.67. The van der Waals surface area contributed by atoms with E-state index in [1.807, 2.05) is 13.8 Å². The average Bonchev–Trinajstić information content (AvgIpc) is 3.66. The average molecular weight is 691 g/mol. The third kappa shape index (κ3) is 8.42. The van der Waals surface area contributed by atoms with Crippen molar-refractivity contribution in [3.8, 4) is 5.75 Å². The zero-order chi connectivity index (χ0) is 34.6. The van der Waals surface area contributed by atoms with E-state index in [2.05, 4.69) is 15.0 Å². The third-order valence-corrected chi connectivity index (χ3v) is 9.29. The summed E-state index contributed by atoms with van der Waals surface area (Å²) in [5.74, 6) is -1.48. The van der Waals surface area contributed by atoms with Gasteiger partial charge in [-0.1, -0.05) is 50.2 Å². The molecule has 0 aliphatic carbocycles. The number of carbonyl (C=O) groups excluding carboxylic acids is 2. The summed E-state index contributed by atoms with van der Waals surface area (Å²) in [6.07, 6.45) is -7.45. The van der Waals surface area contributed by atoms with Gasteiger partial charge in [0.05, 0.1) is 29.3 Å². The van der Waals surface area contributed by atoms with Gasteiger partial charge in [-0.05, 0) is 42.2 Å². The number of ether oxygens (including phenoxy) is 2. The first kappa shape index (κ1) is 34.7. The third-order valence-electron chi connectivity index (χ3n) is 7.46. The quantitative estimate of drug-likeness (QED) is 0.207. The van der Waals surface area contributed by atoms with Crippen LogP contribution in [0.4, 0.5) is 23.7 Å². The van der Waals surface area contributed by atoms with E-state index in [4.69, 9.17) is 9.15 Å². The number of oxazole rings is 1. The molecule has 3 aromatic carbocycles. The number of carbonyl (C=O) groups is 2. The number of sulfonamides is 1. The molecule has 12 nitrogen and oxygen atoms in total. The van der Waals surface area contributed by atoms with Gasteiger partial charge in [0, 0.05) is 25.2 Å². The maximum atomic E-state index is 13.8. The molecule has 0 spiro atoms. The van der Waals surface area contributed by atoms with Crippen molar-refractivity contribution in [2.75, 3.05) is 24.5 Å². The van der Waals surface area contributed by atoms with Crippen LogP contribution in [0.15, 0.2) is 88.5 Å². The summed E-state index contributed by atoms with van der Waals surface area (Å²) in [6, 6.07) is 16.7. The topological polar surface area (TPSA) is 152 Å². The first-order valence-electron chi connectivity index (χ1n) is 14.9. The number of aliphatic hydroxyl groups is 1. The molecule has 1 aromatic heterocycles. The highest BCUT2D eigenvalue weighted by molar-refractivity contribution is 7.89. The minimum absolute atomic E-state index is 0.0102. The van der Waals surface area contributed by atoms with Crippen molar-refractivity contribution in [3.05, 3.63) is 84.8 Å². The van der Waals surface area contributed by atoms with E-state index in [1.165, 1.54) is 36.7 Å². The van der Waals surface area contributed by atoms with Gasteiger partial charge in [0.1, 0.15) is 11.3 Å². The van der Waals surface area contributed by atoms with Gasteiger partial charge in [0.2, 0.25) is 10.0 Å². The molecule has 48 heavy (non-hydrogen) atoms. The smallest absolute Gasteiger partial charge is 0.443 e. The second-order valence-corrected chi connectivity index (χ2v) is 13.5. The summed E-state index contributed by atoms with van der Waals surface area (Å²) in [5, 5.41) is 14.2. The highest BCUT2D eigenvalue weighted by Crippen LogP contribution is 2.29. The molecule has 2 heterocycles. The number of cyclic esters (lactones) is 1. The lowest BCUT2D eigenvalue weighted by atomic mass is 10.0. The Morgan fingerprint density at radius 2 is 1.85 bits per heavy atom. The lowest BCUT2D eigenvalue weighted by Gasteiger charge is -2.31. The molecule has 1 saturated heterocycles. The molecule has 1 fully saturated rings. The first-order valence-corrected chi connectivity index (χ1v) is 16.3. The van der Waals surface area contributed by atoms with Crippen molar-refractivity contribution in [2.45, 2.75) is 49.8 Å². The zero-order valence-corrected chi connectivity index (χ0v) is 26.6. The second kappa shape index (κ2) is 14.2. The Bertz CT molecular complexity index is 1850. The van der Waals surface area contributed by atoms with Crippen LogP contribution in [-0.4, -0.2) is 79.1 Å². The molecule has 5 rings (SSSR count). The first-order chi connectivity index (χ1) is 22.7. The molecule has 4 aromatic rings. The van der Waals surface area contributed by atoms with Crippen LogP contribution >= 0.6 is 0 Å². The van der Waals surface area contributed by atoms with Crippen molar-refractivity contribution >= 4 is 38.8 Å². The van der Waals surface area contributed by atoms with Gasteiger partial charge in [-0.3, -0.25) is 9.69 Å². The number of nitrogens with one attached hydrogen (secondary N) is 1. The second-order valence-electron chi connectivity index (χ2n) is 11.6. The molecule has 1 aliphatic heterocycles. The molecule has 256 valence electrons. The van der Waals surface area contributed by atoms with E-state index in [9.17, 15) is 36.3 Å². The van der Waals surface area contributed by atoms with Crippen molar-refractivity contribution in [2.24, 2.45) is 5.92 Å². The van der Waals surface area contributed by atoms with Crippen LogP contribution in [-0.2, 0) is 26.0 Å². The molecule has 16 heteroatoms. The lowest BCUT2D eigenvalue weighted by Crippen LogP contribution is -2.53. The molecule has 2 amide bonds. The molecule has 0 unspecified atom stereocenters.